The van der Waals surface area contributed by atoms with E-state index < -0.39 is 5.91 Å². The van der Waals surface area contributed by atoms with E-state index in [0.29, 0.717) is 28.2 Å². The number of allylic oxidation sites excluding steroid dienone is 1. The van der Waals surface area contributed by atoms with Gasteiger partial charge in [0.05, 0.1) is 11.3 Å². The number of primary amides is 1. The number of nitrogens with two attached hydrogens (primary N) is 1. The highest BCUT2D eigenvalue weighted by Crippen LogP contribution is 2.39. The third-order valence-electron chi connectivity index (χ3n) is 4.92. The number of rotatable bonds is 8. The van der Waals surface area contributed by atoms with Gasteiger partial charge in [0.2, 0.25) is 5.91 Å². The van der Waals surface area contributed by atoms with Crippen LogP contribution in [0.3, 0.4) is 0 Å². The minimum Gasteiger partial charge on any atom is -0.365 e. The normalized spacial score (nSPS) is 15.9. The van der Waals surface area contributed by atoms with Crippen LogP contribution in [0.4, 0.5) is 5.00 Å². The van der Waals surface area contributed by atoms with Crippen molar-refractivity contribution in [3.63, 3.8) is 0 Å². The van der Waals surface area contributed by atoms with E-state index in [-0.39, 0.29) is 17.6 Å². The number of aromatic nitrogens is 3. The van der Waals surface area contributed by atoms with Gasteiger partial charge in [-0.25, -0.2) is 0 Å². The lowest BCUT2D eigenvalue weighted by Gasteiger charge is -2.18. The Morgan fingerprint density at radius 2 is 2.21 bits per heavy atom. The van der Waals surface area contributed by atoms with Gasteiger partial charge in [0, 0.05) is 17.3 Å². The summed E-state index contributed by atoms with van der Waals surface area (Å²) < 4.78 is 1.97. The number of hydrogen-bond acceptors (Lipinski definition) is 6. The minimum absolute atomic E-state index is 0.171. The van der Waals surface area contributed by atoms with Crippen LogP contribution in [0, 0.1) is 5.92 Å². The summed E-state index contributed by atoms with van der Waals surface area (Å²) in [6.45, 7) is 10.7. The van der Waals surface area contributed by atoms with E-state index in [2.05, 4.69) is 42.9 Å². The fourth-order valence-electron chi connectivity index (χ4n) is 3.53. The minimum atomic E-state index is -0.479. The van der Waals surface area contributed by atoms with E-state index in [1.54, 1.807) is 6.08 Å². The zero-order valence-corrected chi connectivity index (χ0v) is 18.7. The summed E-state index contributed by atoms with van der Waals surface area (Å²) in [5, 5.41) is 12.6. The van der Waals surface area contributed by atoms with Crippen LogP contribution < -0.4 is 11.1 Å². The van der Waals surface area contributed by atoms with Gasteiger partial charge in [-0.1, -0.05) is 38.6 Å². The molecule has 2 aromatic heterocycles. The molecule has 2 aromatic rings. The topological polar surface area (TPSA) is 103 Å². The number of thioether (sulfide) groups is 1. The molecule has 29 heavy (non-hydrogen) atoms. The molecule has 2 amide bonds. The van der Waals surface area contributed by atoms with Crippen LogP contribution in [0.15, 0.2) is 17.8 Å². The Kier molecular flexibility index (Phi) is 6.79. The van der Waals surface area contributed by atoms with Crippen molar-refractivity contribution in [1.29, 1.82) is 0 Å². The predicted octanol–water partition coefficient (Wildman–Crippen LogP) is 3.60. The first kappa shape index (κ1) is 21.6. The first-order chi connectivity index (χ1) is 13.8. The van der Waals surface area contributed by atoms with Gasteiger partial charge in [-0.3, -0.25) is 9.59 Å². The second kappa shape index (κ2) is 9.13. The molecule has 0 aromatic carbocycles. The lowest BCUT2D eigenvalue weighted by atomic mass is 9.88. The maximum atomic E-state index is 12.6. The number of anilines is 1. The van der Waals surface area contributed by atoms with Crippen molar-refractivity contribution >= 4 is 39.9 Å². The lowest BCUT2D eigenvalue weighted by molar-refractivity contribution is -0.113. The Morgan fingerprint density at radius 3 is 2.86 bits per heavy atom. The smallest absolute Gasteiger partial charge is 0.251 e. The van der Waals surface area contributed by atoms with Gasteiger partial charge < -0.3 is 15.6 Å². The average Bonchev–Trinajstić information content (AvgIpc) is 3.20. The molecule has 0 bridgehead atoms. The Morgan fingerprint density at radius 1 is 1.45 bits per heavy atom. The van der Waals surface area contributed by atoms with Crippen LogP contribution in [0.25, 0.3) is 0 Å². The second-order valence-corrected chi connectivity index (χ2v) is 9.70. The Balaban J connectivity index is 1.72. The fourth-order valence-corrected chi connectivity index (χ4v) is 5.71. The number of nitrogens with zero attached hydrogens (tertiary/aromatic N) is 3. The number of hydrogen-bond donors (Lipinski definition) is 2. The van der Waals surface area contributed by atoms with E-state index in [4.69, 9.17) is 5.73 Å². The molecule has 1 aliphatic carbocycles. The van der Waals surface area contributed by atoms with Crippen molar-refractivity contribution in [3.8, 4) is 0 Å². The quantitative estimate of drug-likeness (QED) is 0.489. The number of carbonyl (C=O) groups is 2. The molecule has 0 fully saturated rings. The number of amides is 2. The van der Waals surface area contributed by atoms with E-state index in [1.165, 1.54) is 23.1 Å². The Hall–Kier alpha value is -2.13. The molecule has 1 atom stereocenters. The maximum Gasteiger partial charge on any atom is 0.251 e. The average molecular weight is 434 g/mol. The van der Waals surface area contributed by atoms with Crippen molar-refractivity contribution < 1.29 is 9.59 Å². The van der Waals surface area contributed by atoms with Crippen LogP contribution in [0.2, 0.25) is 0 Å². The van der Waals surface area contributed by atoms with E-state index in [0.717, 1.165) is 35.5 Å². The summed E-state index contributed by atoms with van der Waals surface area (Å²) >= 11 is 2.79. The molecular formula is C20H27N5O2S2. The molecule has 0 aliphatic heterocycles. The van der Waals surface area contributed by atoms with Gasteiger partial charge in [-0.15, -0.1) is 28.1 Å². The van der Waals surface area contributed by atoms with Crippen molar-refractivity contribution in [2.45, 2.75) is 57.7 Å². The number of fused-ring (bicyclic) bond motifs is 1. The summed E-state index contributed by atoms with van der Waals surface area (Å²) in [5.74, 6) is 1.17. The summed E-state index contributed by atoms with van der Waals surface area (Å²) in [6, 6.07) is 0. The van der Waals surface area contributed by atoms with Gasteiger partial charge in [0.1, 0.15) is 10.8 Å². The predicted molar refractivity (Wildman–Crippen MR) is 118 cm³/mol. The third-order valence-corrected chi connectivity index (χ3v) is 7.05. The molecule has 0 saturated heterocycles. The maximum absolute atomic E-state index is 12.6. The van der Waals surface area contributed by atoms with E-state index in [9.17, 15) is 9.59 Å². The summed E-state index contributed by atoms with van der Waals surface area (Å²) in [5.41, 5.74) is 7.11. The molecule has 2 heterocycles. The summed E-state index contributed by atoms with van der Waals surface area (Å²) in [6.07, 6.45) is 4.58. The standard InChI is InChI=1S/C20H27N5O2S2/c1-5-8-25-18(11(2)3)23-24-20(25)28-10-15(26)22-19-16(17(21)27)13-7-6-12(4)9-14(13)29-19/h5,11-12H,1,6-10H2,2-4H3,(H2,21,27)(H,22,26). The number of nitrogens with one attached hydrogen (secondary N) is 1. The molecule has 7 nitrogen and oxygen atoms in total. The zero-order valence-electron chi connectivity index (χ0n) is 17.0. The molecular weight excluding hydrogens is 406 g/mol. The molecule has 156 valence electrons. The van der Waals surface area contributed by atoms with Crippen molar-refractivity contribution in [1.82, 2.24) is 14.8 Å². The number of carbonyl (C=O) groups excluding carboxylic acids is 2. The lowest BCUT2D eigenvalue weighted by Crippen LogP contribution is -2.20. The fraction of sp³-hybridized carbons (Fsp3) is 0.500. The highest BCUT2D eigenvalue weighted by molar-refractivity contribution is 7.99. The largest absolute Gasteiger partial charge is 0.365 e. The van der Waals surface area contributed by atoms with Crippen LogP contribution in [-0.2, 0) is 24.2 Å². The Labute approximate surface area is 179 Å². The second-order valence-electron chi connectivity index (χ2n) is 7.65. The van der Waals surface area contributed by atoms with Crippen molar-refractivity contribution in [2.75, 3.05) is 11.1 Å². The molecule has 1 aliphatic rings. The van der Waals surface area contributed by atoms with Crippen LogP contribution in [-0.4, -0.2) is 32.3 Å². The van der Waals surface area contributed by atoms with Crippen molar-refractivity contribution in [3.05, 3.63) is 34.5 Å². The van der Waals surface area contributed by atoms with Gasteiger partial charge in [-0.05, 0) is 30.7 Å². The van der Waals surface area contributed by atoms with Gasteiger partial charge in [-0.2, -0.15) is 0 Å². The highest BCUT2D eigenvalue weighted by atomic mass is 32.2. The zero-order chi connectivity index (χ0) is 21.1. The van der Waals surface area contributed by atoms with Crippen LogP contribution in [0.5, 0.6) is 0 Å². The first-order valence-electron chi connectivity index (χ1n) is 9.72. The molecule has 9 heteroatoms. The van der Waals surface area contributed by atoms with Crippen LogP contribution in [0.1, 0.15) is 59.7 Å². The van der Waals surface area contributed by atoms with Crippen molar-refractivity contribution in [2.24, 2.45) is 11.7 Å². The van der Waals surface area contributed by atoms with Gasteiger partial charge in [0.25, 0.3) is 5.91 Å². The first-order valence-corrected chi connectivity index (χ1v) is 11.5. The van der Waals surface area contributed by atoms with E-state index in [1.807, 2.05) is 4.57 Å². The third kappa shape index (κ3) is 4.72. The molecule has 3 N–H and O–H groups in total. The molecule has 0 spiro atoms. The van der Waals surface area contributed by atoms with Gasteiger partial charge in [0.15, 0.2) is 5.16 Å². The number of thiophene rings is 1. The Bertz CT molecular complexity index is 932. The molecule has 0 radical (unpaired) electrons. The molecule has 0 saturated carbocycles. The monoisotopic (exact) mass is 433 g/mol. The summed E-state index contributed by atoms with van der Waals surface area (Å²) in [4.78, 5) is 25.8. The molecule has 3 rings (SSSR count). The highest BCUT2D eigenvalue weighted by Gasteiger charge is 2.27. The summed E-state index contributed by atoms with van der Waals surface area (Å²) in [7, 11) is 0. The van der Waals surface area contributed by atoms with E-state index >= 15 is 0 Å². The van der Waals surface area contributed by atoms with Gasteiger partial charge >= 0.3 is 0 Å². The SMILES string of the molecule is C=CCn1c(SCC(=O)Nc2sc3c(c2C(N)=O)CCC(C)C3)nnc1C(C)C. The van der Waals surface area contributed by atoms with Crippen LogP contribution >= 0.6 is 23.1 Å². The molecule has 1 unspecified atom stereocenters.